The Kier molecular flexibility index (Phi) is 6.74. The average Bonchev–Trinajstić information content (AvgIpc) is 2.50. The van der Waals surface area contributed by atoms with Gasteiger partial charge < -0.3 is 5.32 Å². The minimum atomic E-state index is 0.0543. The number of hydrogen-bond donors (Lipinski definition) is 1. The van der Waals surface area contributed by atoms with Crippen LogP contribution in [0.1, 0.15) is 18.1 Å². The van der Waals surface area contributed by atoms with Crippen LogP contribution in [0.15, 0.2) is 48.8 Å². The highest BCUT2D eigenvalue weighted by molar-refractivity contribution is 7.99. The Balaban J connectivity index is 1.70. The van der Waals surface area contributed by atoms with Crippen molar-refractivity contribution in [1.82, 2.24) is 10.3 Å². The van der Waals surface area contributed by atoms with Crippen molar-refractivity contribution in [1.29, 1.82) is 0 Å². The first-order valence-electron chi connectivity index (χ1n) is 7.14. The van der Waals surface area contributed by atoms with Crippen LogP contribution in [0.4, 0.5) is 0 Å². The molecule has 116 valence electrons. The molecule has 0 radical (unpaired) electrons. The third-order valence-electron chi connectivity index (χ3n) is 3.15. The number of aromatic nitrogens is 1. The van der Waals surface area contributed by atoms with Crippen LogP contribution in [0, 0.1) is 0 Å². The van der Waals surface area contributed by atoms with Crippen molar-refractivity contribution in [2.75, 3.05) is 5.75 Å². The number of rotatable bonds is 7. The van der Waals surface area contributed by atoms with Gasteiger partial charge in [0.2, 0.25) is 5.91 Å². The van der Waals surface area contributed by atoms with E-state index in [1.54, 1.807) is 24.2 Å². The Hall–Kier alpha value is -1.52. The van der Waals surface area contributed by atoms with Crippen LogP contribution in [-0.2, 0) is 17.0 Å². The third kappa shape index (κ3) is 5.70. The van der Waals surface area contributed by atoms with Gasteiger partial charge in [0.1, 0.15) is 0 Å². The summed E-state index contributed by atoms with van der Waals surface area (Å²) in [7, 11) is 0. The van der Waals surface area contributed by atoms with Gasteiger partial charge in [-0.05, 0) is 42.7 Å². The molecule has 0 saturated carbocycles. The van der Waals surface area contributed by atoms with E-state index in [2.05, 4.69) is 10.3 Å². The molecule has 1 aromatic heterocycles. The monoisotopic (exact) mass is 334 g/mol. The molecule has 0 aliphatic carbocycles. The number of nitrogens with one attached hydrogen (secondary N) is 1. The highest BCUT2D eigenvalue weighted by Crippen LogP contribution is 2.20. The number of halogens is 1. The molecule has 22 heavy (non-hydrogen) atoms. The Morgan fingerprint density at radius 2 is 2.00 bits per heavy atom. The van der Waals surface area contributed by atoms with Crippen molar-refractivity contribution in [2.24, 2.45) is 0 Å². The van der Waals surface area contributed by atoms with Crippen LogP contribution in [0.2, 0.25) is 5.02 Å². The van der Waals surface area contributed by atoms with E-state index in [4.69, 9.17) is 11.6 Å². The zero-order valence-electron chi connectivity index (χ0n) is 12.5. The molecular weight excluding hydrogens is 316 g/mol. The molecule has 1 heterocycles. The van der Waals surface area contributed by atoms with Crippen molar-refractivity contribution in [3.63, 3.8) is 0 Å². The molecular formula is C17H19ClN2OS. The molecule has 2 rings (SSSR count). The molecule has 0 bridgehead atoms. The molecule has 0 spiro atoms. The Bertz CT molecular complexity index is 607. The highest BCUT2D eigenvalue weighted by Gasteiger charge is 2.09. The number of nitrogens with zero attached hydrogens (tertiary/aromatic N) is 1. The summed E-state index contributed by atoms with van der Waals surface area (Å²) in [4.78, 5) is 15.9. The minimum absolute atomic E-state index is 0.0543. The molecule has 5 heteroatoms. The van der Waals surface area contributed by atoms with E-state index in [9.17, 15) is 4.79 Å². The summed E-state index contributed by atoms with van der Waals surface area (Å²) in [5, 5.41) is 3.77. The van der Waals surface area contributed by atoms with Crippen LogP contribution in [0.25, 0.3) is 0 Å². The topological polar surface area (TPSA) is 42.0 Å². The Labute approximate surface area is 140 Å². The summed E-state index contributed by atoms with van der Waals surface area (Å²) in [5.74, 6) is 1.23. The fourth-order valence-corrected chi connectivity index (χ4v) is 3.23. The van der Waals surface area contributed by atoms with E-state index < -0.39 is 0 Å². The summed E-state index contributed by atoms with van der Waals surface area (Å²) in [6, 6.07) is 11.8. The van der Waals surface area contributed by atoms with Crippen LogP contribution >= 0.6 is 23.4 Å². The predicted molar refractivity (Wildman–Crippen MR) is 93.2 cm³/mol. The Morgan fingerprint density at radius 3 is 2.73 bits per heavy atom. The van der Waals surface area contributed by atoms with Crippen molar-refractivity contribution >= 4 is 29.3 Å². The van der Waals surface area contributed by atoms with E-state index >= 15 is 0 Å². The maximum absolute atomic E-state index is 11.9. The van der Waals surface area contributed by atoms with Gasteiger partial charge in [0.15, 0.2) is 0 Å². The molecule has 0 saturated heterocycles. The largest absolute Gasteiger partial charge is 0.353 e. The van der Waals surface area contributed by atoms with E-state index in [1.165, 1.54) is 5.56 Å². The maximum atomic E-state index is 11.9. The number of carbonyl (C=O) groups is 1. The van der Waals surface area contributed by atoms with Crippen molar-refractivity contribution in [2.45, 2.75) is 25.1 Å². The average molecular weight is 335 g/mol. The van der Waals surface area contributed by atoms with E-state index in [0.29, 0.717) is 5.75 Å². The van der Waals surface area contributed by atoms with Crippen molar-refractivity contribution in [3.8, 4) is 0 Å². The molecule has 2 aromatic rings. The Morgan fingerprint density at radius 1 is 1.27 bits per heavy atom. The molecule has 0 fully saturated rings. The van der Waals surface area contributed by atoms with Crippen LogP contribution in [0.3, 0.4) is 0 Å². The first-order chi connectivity index (χ1) is 10.6. The lowest BCUT2D eigenvalue weighted by Crippen LogP contribution is -2.35. The second kappa shape index (κ2) is 8.81. The summed E-state index contributed by atoms with van der Waals surface area (Å²) in [6.45, 7) is 2.01. The SMILES string of the molecule is CC(Cc1ccncc1)NC(=O)CSCc1ccccc1Cl. The van der Waals surface area contributed by atoms with Gasteiger partial charge in [0.05, 0.1) is 5.75 Å². The first-order valence-corrected chi connectivity index (χ1v) is 8.68. The first kappa shape index (κ1) is 16.8. The van der Waals surface area contributed by atoms with E-state index in [-0.39, 0.29) is 11.9 Å². The summed E-state index contributed by atoms with van der Waals surface area (Å²) >= 11 is 7.67. The molecule has 1 atom stereocenters. The maximum Gasteiger partial charge on any atom is 0.230 e. The third-order valence-corrected chi connectivity index (χ3v) is 4.50. The van der Waals surface area contributed by atoms with Crippen molar-refractivity contribution < 1.29 is 4.79 Å². The lowest BCUT2D eigenvalue weighted by molar-refractivity contribution is -0.119. The van der Waals surface area contributed by atoms with Gasteiger partial charge in [-0.2, -0.15) is 0 Å². The standard InChI is InChI=1S/C17H19ClN2OS/c1-13(10-14-6-8-19-9-7-14)20-17(21)12-22-11-15-4-2-3-5-16(15)18/h2-9,13H,10-12H2,1H3,(H,20,21). The van der Waals surface area contributed by atoms with Gasteiger partial charge in [-0.1, -0.05) is 29.8 Å². The minimum Gasteiger partial charge on any atom is -0.353 e. The summed E-state index contributed by atoms with van der Waals surface area (Å²) < 4.78 is 0. The fraction of sp³-hybridized carbons (Fsp3) is 0.294. The van der Waals surface area contributed by atoms with Crippen molar-refractivity contribution in [3.05, 3.63) is 64.9 Å². The molecule has 1 aromatic carbocycles. The van der Waals surface area contributed by atoms with E-state index in [0.717, 1.165) is 22.8 Å². The molecule has 1 amide bonds. The second-order valence-electron chi connectivity index (χ2n) is 5.11. The number of thioether (sulfide) groups is 1. The number of benzene rings is 1. The molecule has 1 N–H and O–H groups in total. The summed E-state index contributed by atoms with van der Waals surface area (Å²) in [5.41, 5.74) is 2.23. The van der Waals surface area contributed by atoms with Gasteiger partial charge >= 0.3 is 0 Å². The predicted octanol–water partition coefficient (Wildman–Crippen LogP) is 3.72. The number of carbonyl (C=O) groups excluding carboxylic acids is 1. The molecule has 0 aliphatic rings. The van der Waals surface area contributed by atoms with Gasteiger partial charge in [-0.3, -0.25) is 9.78 Å². The van der Waals surface area contributed by atoms with E-state index in [1.807, 2.05) is 43.3 Å². The molecule has 0 aliphatic heterocycles. The molecule has 3 nitrogen and oxygen atoms in total. The fourth-order valence-electron chi connectivity index (χ4n) is 2.11. The number of amides is 1. The number of hydrogen-bond acceptors (Lipinski definition) is 3. The quantitative estimate of drug-likeness (QED) is 0.839. The second-order valence-corrected chi connectivity index (χ2v) is 6.51. The van der Waals surface area contributed by atoms with Gasteiger partial charge in [-0.25, -0.2) is 0 Å². The van der Waals surface area contributed by atoms with Gasteiger partial charge in [0, 0.05) is 29.2 Å². The smallest absolute Gasteiger partial charge is 0.230 e. The lowest BCUT2D eigenvalue weighted by Gasteiger charge is -2.13. The normalized spacial score (nSPS) is 11.9. The van der Waals surface area contributed by atoms with Gasteiger partial charge in [0.25, 0.3) is 0 Å². The zero-order chi connectivity index (χ0) is 15.8. The van der Waals surface area contributed by atoms with Crippen LogP contribution in [-0.4, -0.2) is 22.7 Å². The highest BCUT2D eigenvalue weighted by atomic mass is 35.5. The lowest BCUT2D eigenvalue weighted by atomic mass is 10.1. The van der Waals surface area contributed by atoms with Crippen LogP contribution < -0.4 is 5.32 Å². The summed E-state index contributed by atoms with van der Waals surface area (Å²) in [6.07, 6.45) is 4.34. The van der Waals surface area contributed by atoms with Crippen LogP contribution in [0.5, 0.6) is 0 Å². The zero-order valence-corrected chi connectivity index (χ0v) is 14.0. The van der Waals surface area contributed by atoms with Gasteiger partial charge in [-0.15, -0.1) is 11.8 Å². The molecule has 1 unspecified atom stereocenters. The number of pyridine rings is 1.